The third-order valence-electron chi connectivity index (χ3n) is 5.14. The van der Waals surface area contributed by atoms with Gasteiger partial charge in [-0.05, 0) is 46.8 Å². The van der Waals surface area contributed by atoms with Crippen LogP contribution < -0.4 is 5.32 Å². The van der Waals surface area contributed by atoms with Crippen molar-refractivity contribution in [3.63, 3.8) is 0 Å². The van der Waals surface area contributed by atoms with Crippen LogP contribution in [0.3, 0.4) is 0 Å². The largest absolute Gasteiger partial charge is 0.392 e. The molecule has 3 heterocycles. The van der Waals surface area contributed by atoms with Crippen molar-refractivity contribution in [2.45, 2.75) is 13.2 Å². The Balaban J connectivity index is 1.42. The van der Waals surface area contributed by atoms with E-state index in [4.69, 9.17) is 0 Å². The fraction of sp³-hybridized carbons (Fsp3) is 0.0870. The SMILES string of the molecule is O=C(Nc1ccc2ccn(Cc3ccc(CO)cc3)c2c1)c1cccn2ncnc12. The maximum Gasteiger partial charge on any atom is 0.259 e. The molecule has 3 aromatic heterocycles. The van der Waals surface area contributed by atoms with Gasteiger partial charge in [0.15, 0.2) is 5.65 Å². The van der Waals surface area contributed by atoms with Crippen molar-refractivity contribution in [1.29, 1.82) is 0 Å². The molecule has 0 saturated heterocycles. The maximum atomic E-state index is 12.8. The number of anilines is 1. The molecule has 2 N–H and O–H groups in total. The van der Waals surface area contributed by atoms with Gasteiger partial charge in [-0.2, -0.15) is 5.10 Å². The first-order chi connectivity index (χ1) is 14.7. The van der Waals surface area contributed by atoms with Gasteiger partial charge in [-0.25, -0.2) is 9.50 Å². The fourth-order valence-electron chi connectivity index (χ4n) is 3.57. The number of aliphatic hydroxyl groups is 1. The summed E-state index contributed by atoms with van der Waals surface area (Å²) in [7, 11) is 0. The third kappa shape index (κ3) is 3.31. The minimum Gasteiger partial charge on any atom is -0.392 e. The van der Waals surface area contributed by atoms with Crippen LogP contribution in [0.1, 0.15) is 21.5 Å². The molecule has 0 saturated carbocycles. The molecule has 7 nitrogen and oxygen atoms in total. The number of nitrogens with zero attached hydrogens (tertiary/aromatic N) is 4. The van der Waals surface area contributed by atoms with E-state index in [2.05, 4.69) is 26.0 Å². The first kappa shape index (κ1) is 18.1. The fourth-order valence-corrected chi connectivity index (χ4v) is 3.57. The Bertz CT molecular complexity index is 1350. The average Bonchev–Trinajstić information content (AvgIpc) is 3.41. The topological polar surface area (TPSA) is 84.5 Å². The van der Waals surface area contributed by atoms with E-state index in [0.717, 1.165) is 22.0 Å². The zero-order valence-corrected chi connectivity index (χ0v) is 16.1. The molecule has 0 aliphatic heterocycles. The minimum atomic E-state index is -0.231. The zero-order chi connectivity index (χ0) is 20.5. The van der Waals surface area contributed by atoms with Gasteiger partial charge in [0.25, 0.3) is 5.91 Å². The lowest BCUT2D eigenvalue weighted by atomic mass is 10.1. The number of hydrogen-bond acceptors (Lipinski definition) is 4. The summed E-state index contributed by atoms with van der Waals surface area (Å²) in [6, 6.07) is 19.3. The second kappa shape index (κ2) is 7.46. The van der Waals surface area contributed by atoms with Crippen molar-refractivity contribution in [2.24, 2.45) is 0 Å². The predicted molar refractivity (Wildman–Crippen MR) is 114 cm³/mol. The number of carbonyl (C=O) groups excluding carboxylic acids is 1. The molecule has 148 valence electrons. The Labute approximate surface area is 172 Å². The average molecular weight is 397 g/mol. The molecule has 0 atom stereocenters. The number of nitrogens with one attached hydrogen (secondary N) is 1. The number of aliphatic hydroxyl groups excluding tert-OH is 1. The maximum absolute atomic E-state index is 12.8. The normalized spacial score (nSPS) is 11.2. The Hall–Kier alpha value is -3.97. The summed E-state index contributed by atoms with van der Waals surface area (Å²) in [5.41, 5.74) is 4.76. The van der Waals surface area contributed by atoms with Gasteiger partial charge in [0, 0.05) is 24.6 Å². The highest BCUT2D eigenvalue weighted by molar-refractivity contribution is 6.08. The van der Waals surface area contributed by atoms with E-state index in [-0.39, 0.29) is 12.5 Å². The van der Waals surface area contributed by atoms with Gasteiger partial charge >= 0.3 is 0 Å². The second-order valence-corrected chi connectivity index (χ2v) is 7.10. The highest BCUT2D eigenvalue weighted by atomic mass is 16.3. The number of rotatable bonds is 5. The molecule has 0 bridgehead atoms. The minimum absolute atomic E-state index is 0.0400. The molecule has 30 heavy (non-hydrogen) atoms. The summed E-state index contributed by atoms with van der Waals surface area (Å²) in [4.78, 5) is 17.0. The van der Waals surface area contributed by atoms with Crippen LogP contribution in [0.2, 0.25) is 0 Å². The first-order valence-electron chi connectivity index (χ1n) is 9.58. The van der Waals surface area contributed by atoms with E-state index in [1.807, 2.05) is 48.7 Å². The van der Waals surface area contributed by atoms with Crippen molar-refractivity contribution in [3.05, 3.63) is 96.1 Å². The predicted octanol–water partition coefficient (Wildman–Crippen LogP) is 3.48. The number of hydrogen-bond donors (Lipinski definition) is 2. The van der Waals surface area contributed by atoms with Gasteiger partial charge in [-0.3, -0.25) is 4.79 Å². The van der Waals surface area contributed by atoms with Crippen LogP contribution in [0.25, 0.3) is 16.6 Å². The molecule has 0 aliphatic carbocycles. The molecule has 0 aliphatic rings. The molecule has 5 aromatic rings. The van der Waals surface area contributed by atoms with Crippen molar-refractivity contribution in [2.75, 3.05) is 5.32 Å². The summed E-state index contributed by atoms with van der Waals surface area (Å²) in [6.07, 6.45) is 5.22. The van der Waals surface area contributed by atoms with E-state index in [9.17, 15) is 9.90 Å². The second-order valence-electron chi connectivity index (χ2n) is 7.10. The summed E-state index contributed by atoms with van der Waals surface area (Å²) in [5.74, 6) is -0.231. The van der Waals surface area contributed by atoms with Crippen LogP contribution >= 0.6 is 0 Å². The molecule has 0 spiro atoms. The van der Waals surface area contributed by atoms with Crippen LogP contribution in [0.5, 0.6) is 0 Å². The van der Waals surface area contributed by atoms with E-state index in [0.29, 0.717) is 23.4 Å². The lowest BCUT2D eigenvalue weighted by Gasteiger charge is -2.09. The molecule has 2 aromatic carbocycles. The van der Waals surface area contributed by atoms with E-state index in [1.54, 1.807) is 22.8 Å². The quantitative estimate of drug-likeness (QED) is 0.476. The van der Waals surface area contributed by atoms with Gasteiger partial charge in [-0.15, -0.1) is 0 Å². The molecule has 7 heteroatoms. The number of fused-ring (bicyclic) bond motifs is 2. The number of carbonyl (C=O) groups is 1. The number of pyridine rings is 1. The van der Waals surface area contributed by atoms with Crippen LogP contribution in [-0.4, -0.2) is 30.2 Å². The lowest BCUT2D eigenvalue weighted by molar-refractivity contribution is 0.102. The Morgan fingerprint density at radius 3 is 2.67 bits per heavy atom. The Morgan fingerprint density at radius 2 is 1.83 bits per heavy atom. The number of benzene rings is 2. The monoisotopic (exact) mass is 397 g/mol. The zero-order valence-electron chi connectivity index (χ0n) is 16.1. The highest BCUT2D eigenvalue weighted by Crippen LogP contribution is 2.22. The molecule has 0 unspecified atom stereocenters. The van der Waals surface area contributed by atoms with Gasteiger partial charge in [0.1, 0.15) is 6.33 Å². The standard InChI is InChI=1S/C23H19N5O2/c29-14-17-5-3-16(4-6-17)13-27-11-9-18-7-8-19(12-21(18)27)26-23(30)20-2-1-10-28-22(20)24-15-25-28/h1-12,15,29H,13-14H2,(H,26,30). The van der Waals surface area contributed by atoms with Gasteiger partial charge in [0.05, 0.1) is 17.7 Å². The van der Waals surface area contributed by atoms with Crippen molar-refractivity contribution >= 4 is 28.1 Å². The van der Waals surface area contributed by atoms with Crippen LogP contribution in [0.4, 0.5) is 5.69 Å². The van der Waals surface area contributed by atoms with Gasteiger partial charge in [0.2, 0.25) is 0 Å². The summed E-state index contributed by atoms with van der Waals surface area (Å²) >= 11 is 0. The lowest BCUT2D eigenvalue weighted by Crippen LogP contribution is -2.13. The van der Waals surface area contributed by atoms with Gasteiger partial charge < -0.3 is 15.0 Å². The van der Waals surface area contributed by atoms with Crippen molar-refractivity contribution < 1.29 is 9.90 Å². The number of amides is 1. The summed E-state index contributed by atoms with van der Waals surface area (Å²) in [6.45, 7) is 0.740. The number of aromatic nitrogens is 4. The smallest absolute Gasteiger partial charge is 0.259 e. The van der Waals surface area contributed by atoms with E-state index >= 15 is 0 Å². The Kier molecular flexibility index (Phi) is 4.49. The van der Waals surface area contributed by atoms with Crippen molar-refractivity contribution in [1.82, 2.24) is 19.2 Å². The van der Waals surface area contributed by atoms with Crippen LogP contribution in [0.15, 0.2) is 79.4 Å². The van der Waals surface area contributed by atoms with Crippen LogP contribution in [0, 0.1) is 0 Å². The molecule has 5 rings (SSSR count). The van der Waals surface area contributed by atoms with Crippen molar-refractivity contribution in [3.8, 4) is 0 Å². The third-order valence-corrected chi connectivity index (χ3v) is 5.14. The molecule has 1 amide bonds. The van der Waals surface area contributed by atoms with Crippen LogP contribution in [-0.2, 0) is 13.2 Å². The first-order valence-corrected chi connectivity index (χ1v) is 9.58. The molecule has 0 radical (unpaired) electrons. The highest BCUT2D eigenvalue weighted by Gasteiger charge is 2.13. The van der Waals surface area contributed by atoms with E-state index in [1.165, 1.54) is 6.33 Å². The van der Waals surface area contributed by atoms with Gasteiger partial charge in [-0.1, -0.05) is 30.3 Å². The Morgan fingerprint density at radius 1 is 1.00 bits per heavy atom. The summed E-state index contributed by atoms with van der Waals surface area (Å²) in [5, 5.41) is 17.3. The summed E-state index contributed by atoms with van der Waals surface area (Å²) < 4.78 is 3.71. The molecular weight excluding hydrogens is 378 g/mol. The molecular formula is C23H19N5O2. The van der Waals surface area contributed by atoms with E-state index < -0.39 is 0 Å². The molecule has 0 fully saturated rings.